The van der Waals surface area contributed by atoms with Gasteiger partial charge in [0, 0.05) is 11.6 Å². The molecule has 0 saturated heterocycles. The number of hydrogen-bond acceptors (Lipinski definition) is 3. The number of hydrogen-bond donors (Lipinski definition) is 0. The van der Waals surface area contributed by atoms with Crippen molar-refractivity contribution in [3.63, 3.8) is 0 Å². The maximum absolute atomic E-state index is 13.8. The topological polar surface area (TPSA) is 52.0 Å². The Morgan fingerprint density at radius 1 is 1.14 bits per heavy atom. The first kappa shape index (κ1) is 19.9. The molecule has 0 bridgehead atoms. The van der Waals surface area contributed by atoms with E-state index >= 15 is 0 Å². The Kier molecular flexibility index (Phi) is 5.70. The van der Waals surface area contributed by atoms with Crippen LogP contribution < -0.4 is 5.56 Å². The van der Waals surface area contributed by atoms with Crippen LogP contribution in [0.3, 0.4) is 0 Å². The Morgan fingerprint density at radius 2 is 1.89 bits per heavy atom. The summed E-state index contributed by atoms with van der Waals surface area (Å²) in [7, 11) is 0. The molecule has 0 atom stereocenters. The molecule has 3 rings (SSSR count). The zero-order valence-corrected chi connectivity index (χ0v) is 16.1. The van der Waals surface area contributed by atoms with Crippen LogP contribution in [0, 0.1) is 18.6 Å². The second kappa shape index (κ2) is 8.02. The molecule has 0 N–H and O–H groups in total. The second-order valence-electron chi connectivity index (χ2n) is 6.47. The number of halogens is 3. The molecule has 1 aromatic heterocycles. The molecule has 4 nitrogen and oxygen atoms in total. The van der Waals surface area contributed by atoms with Crippen LogP contribution in [0.1, 0.15) is 34.1 Å². The monoisotopic (exact) mass is 402 g/mol. The third kappa shape index (κ3) is 4.02. The fraction of sp³-hybridized carbons (Fsp3) is 0.190. The van der Waals surface area contributed by atoms with Crippen LogP contribution in [-0.4, -0.2) is 15.3 Å². The van der Waals surface area contributed by atoms with Crippen LogP contribution in [0.15, 0.2) is 47.5 Å². The standard InChI is InChI=1S/C21H17ClF2N2O2/c1-12-3-4-15(13(2)27)9-19(12)26-11-25-18(20(22)21(26)28)8-6-14-5-7-16(23)10-17(14)24/h3-5,7,9-11H,6,8H2,1-2H3. The fourth-order valence-corrected chi connectivity index (χ4v) is 3.11. The van der Waals surface area contributed by atoms with Gasteiger partial charge in [0.1, 0.15) is 23.0 Å². The largest absolute Gasteiger partial charge is 0.295 e. The van der Waals surface area contributed by atoms with E-state index in [2.05, 4.69) is 4.98 Å². The van der Waals surface area contributed by atoms with Gasteiger partial charge >= 0.3 is 0 Å². The summed E-state index contributed by atoms with van der Waals surface area (Å²) in [4.78, 5) is 28.6. The molecule has 0 spiro atoms. The molecule has 3 aromatic rings. The molecule has 28 heavy (non-hydrogen) atoms. The summed E-state index contributed by atoms with van der Waals surface area (Å²) < 4.78 is 28.1. The highest BCUT2D eigenvalue weighted by atomic mass is 35.5. The second-order valence-corrected chi connectivity index (χ2v) is 6.85. The predicted octanol–water partition coefficient (Wildman–Crippen LogP) is 4.46. The van der Waals surface area contributed by atoms with Crippen molar-refractivity contribution in [2.75, 3.05) is 0 Å². The van der Waals surface area contributed by atoms with Crippen molar-refractivity contribution in [3.8, 4) is 5.69 Å². The molecular formula is C21H17ClF2N2O2. The van der Waals surface area contributed by atoms with Gasteiger partial charge < -0.3 is 0 Å². The lowest BCUT2D eigenvalue weighted by molar-refractivity contribution is 0.101. The molecule has 2 aromatic carbocycles. The maximum atomic E-state index is 13.8. The lowest BCUT2D eigenvalue weighted by atomic mass is 10.1. The van der Waals surface area contributed by atoms with Crippen LogP contribution in [0.25, 0.3) is 5.69 Å². The minimum Gasteiger partial charge on any atom is -0.295 e. The number of Topliss-reactive ketones (excluding diaryl/α,β-unsaturated/α-hetero) is 1. The molecule has 1 heterocycles. The first-order valence-electron chi connectivity index (χ1n) is 8.60. The van der Waals surface area contributed by atoms with Crippen molar-refractivity contribution in [2.24, 2.45) is 0 Å². The molecule has 144 valence electrons. The highest BCUT2D eigenvalue weighted by Crippen LogP contribution is 2.18. The SMILES string of the molecule is CC(=O)c1ccc(C)c(-n2cnc(CCc3ccc(F)cc3F)c(Cl)c2=O)c1. The van der Waals surface area contributed by atoms with Gasteiger partial charge in [0.25, 0.3) is 5.56 Å². The van der Waals surface area contributed by atoms with E-state index in [4.69, 9.17) is 11.6 Å². The van der Waals surface area contributed by atoms with E-state index in [-0.39, 0.29) is 23.6 Å². The highest BCUT2D eigenvalue weighted by molar-refractivity contribution is 6.31. The van der Waals surface area contributed by atoms with E-state index in [0.29, 0.717) is 22.5 Å². The first-order valence-corrected chi connectivity index (χ1v) is 8.97. The van der Waals surface area contributed by atoms with Crippen molar-refractivity contribution >= 4 is 17.4 Å². The summed E-state index contributed by atoms with van der Waals surface area (Å²) in [5, 5.41) is -0.0716. The van der Waals surface area contributed by atoms with Crippen molar-refractivity contribution in [1.82, 2.24) is 9.55 Å². The third-order valence-electron chi connectivity index (χ3n) is 4.51. The minimum atomic E-state index is -0.652. The van der Waals surface area contributed by atoms with Gasteiger partial charge in [-0.1, -0.05) is 29.8 Å². The minimum absolute atomic E-state index is 0.0716. The number of benzene rings is 2. The van der Waals surface area contributed by atoms with Crippen LogP contribution in [0.4, 0.5) is 8.78 Å². The summed E-state index contributed by atoms with van der Waals surface area (Å²) in [6, 6.07) is 8.40. The van der Waals surface area contributed by atoms with E-state index in [1.54, 1.807) is 18.2 Å². The van der Waals surface area contributed by atoms with Crippen LogP contribution >= 0.6 is 11.6 Å². The average molecular weight is 403 g/mol. The van der Waals surface area contributed by atoms with Gasteiger partial charge in [0.15, 0.2) is 5.78 Å². The Labute approximate surface area is 165 Å². The van der Waals surface area contributed by atoms with Crippen molar-refractivity contribution in [1.29, 1.82) is 0 Å². The summed E-state index contributed by atoms with van der Waals surface area (Å²) in [5.41, 5.74) is 1.93. The fourth-order valence-electron chi connectivity index (χ4n) is 2.88. The molecule has 0 amide bonds. The molecule has 0 aliphatic heterocycles. The highest BCUT2D eigenvalue weighted by Gasteiger charge is 2.14. The van der Waals surface area contributed by atoms with Crippen molar-refractivity contribution < 1.29 is 13.6 Å². The van der Waals surface area contributed by atoms with Gasteiger partial charge in [0.05, 0.1) is 11.4 Å². The Hall–Kier alpha value is -2.86. The average Bonchev–Trinajstić information content (AvgIpc) is 2.65. The van der Waals surface area contributed by atoms with Gasteiger partial charge in [-0.2, -0.15) is 0 Å². The zero-order valence-electron chi connectivity index (χ0n) is 15.3. The summed E-state index contributed by atoms with van der Waals surface area (Å²) >= 11 is 6.22. The summed E-state index contributed by atoms with van der Waals surface area (Å²) in [6.45, 7) is 3.25. The molecule has 7 heteroatoms. The molecule has 0 unspecified atom stereocenters. The van der Waals surface area contributed by atoms with E-state index in [0.717, 1.165) is 11.6 Å². The molecular weight excluding hydrogens is 386 g/mol. The van der Waals surface area contributed by atoms with Crippen LogP contribution in [0.5, 0.6) is 0 Å². The van der Waals surface area contributed by atoms with Crippen molar-refractivity contribution in [2.45, 2.75) is 26.7 Å². The van der Waals surface area contributed by atoms with Gasteiger partial charge in [-0.05, 0) is 49.9 Å². The Balaban J connectivity index is 1.93. The first-order chi connectivity index (χ1) is 13.3. The van der Waals surface area contributed by atoms with E-state index in [1.807, 2.05) is 6.92 Å². The smallest absolute Gasteiger partial charge is 0.276 e. The summed E-state index contributed by atoms with van der Waals surface area (Å²) in [5.74, 6) is -1.42. The lowest BCUT2D eigenvalue weighted by Crippen LogP contribution is -2.22. The number of aryl methyl sites for hydroxylation is 3. The number of rotatable bonds is 5. The van der Waals surface area contributed by atoms with Crippen LogP contribution in [-0.2, 0) is 12.8 Å². The number of ketones is 1. The molecule has 0 aliphatic carbocycles. The van der Waals surface area contributed by atoms with E-state index in [1.165, 1.54) is 30.0 Å². The summed E-state index contributed by atoms with van der Waals surface area (Å²) in [6.07, 6.45) is 1.79. The Morgan fingerprint density at radius 3 is 2.57 bits per heavy atom. The van der Waals surface area contributed by atoms with Crippen LogP contribution in [0.2, 0.25) is 5.02 Å². The Bertz CT molecular complexity index is 1130. The normalized spacial score (nSPS) is 10.9. The van der Waals surface area contributed by atoms with Gasteiger partial charge in [0.2, 0.25) is 0 Å². The molecule has 0 fully saturated rings. The van der Waals surface area contributed by atoms with E-state index < -0.39 is 17.2 Å². The van der Waals surface area contributed by atoms with Gasteiger partial charge in [-0.15, -0.1) is 0 Å². The van der Waals surface area contributed by atoms with Gasteiger partial charge in [-0.3, -0.25) is 14.2 Å². The molecule has 0 radical (unpaired) electrons. The number of nitrogens with zero attached hydrogens (tertiary/aromatic N) is 2. The molecule has 0 saturated carbocycles. The number of carbonyl (C=O) groups is 1. The van der Waals surface area contributed by atoms with E-state index in [9.17, 15) is 18.4 Å². The lowest BCUT2D eigenvalue weighted by Gasteiger charge is -2.12. The number of aromatic nitrogens is 2. The predicted molar refractivity (Wildman–Crippen MR) is 103 cm³/mol. The number of carbonyl (C=O) groups excluding carboxylic acids is 1. The quantitative estimate of drug-likeness (QED) is 0.592. The third-order valence-corrected chi connectivity index (χ3v) is 4.89. The zero-order chi connectivity index (χ0) is 20.4. The van der Waals surface area contributed by atoms with Crippen molar-refractivity contribution in [3.05, 3.63) is 92.1 Å². The van der Waals surface area contributed by atoms with Gasteiger partial charge in [-0.25, -0.2) is 13.8 Å². The maximum Gasteiger partial charge on any atom is 0.276 e. The molecule has 0 aliphatic rings.